The second-order valence-electron chi connectivity index (χ2n) is 5.10. The second kappa shape index (κ2) is 7.26. The van der Waals surface area contributed by atoms with E-state index in [0.717, 1.165) is 18.5 Å². The highest BCUT2D eigenvalue weighted by Crippen LogP contribution is 2.32. The van der Waals surface area contributed by atoms with Crippen LogP contribution in [0.5, 0.6) is 0 Å². The molecule has 1 aliphatic rings. The van der Waals surface area contributed by atoms with Gasteiger partial charge in [-0.1, -0.05) is 6.07 Å². The summed E-state index contributed by atoms with van der Waals surface area (Å²) in [6.45, 7) is 1.81. The van der Waals surface area contributed by atoms with E-state index < -0.39 is 0 Å². The van der Waals surface area contributed by atoms with E-state index in [9.17, 15) is 4.79 Å². The summed E-state index contributed by atoms with van der Waals surface area (Å²) in [6, 6.07) is 6.43. The molecule has 0 aromatic heterocycles. The lowest BCUT2D eigenvalue weighted by Crippen LogP contribution is -2.31. The number of fused-ring (bicyclic) bond motifs is 1. The first kappa shape index (κ1) is 14.8. The number of hydrogen-bond acceptors (Lipinski definition) is 4. The van der Waals surface area contributed by atoms with Crippen LogP contribution in [0.3, 0.4) is 0 Å². The number of hydrogen-bond donors (Lipinski definition) is 3. The summed E-state index contributed by atoms with van der Waals surface area (Å²) in [5.74, 6) is 0.0603. The van der Waals surface area contributed by atoms with E-state index in [1.807, 2.05) is 6.07 Å². The van der Waals surface area contributed by atoms with E-state index in [1.165, 1.54) is 11.1 Å². The Hall–Kier alpha value is -1.59. The third kappa shape index (κ3) is 3.95. The fourth-order valence-corrected chi connectivity index (χ4v) is 2.59. The molecular weight excluding hydrogens is 254 g/mol. The summed E-state index contributed by atoms with van der Waals surface area (Å²) < 4.78 is 4.89. The SMILES string of the molecule is COCCNC(=O)CCNC1CCc2cc(N)ccc21. The maximum atomic E-state index is 11.6. The van der Waals surface area contributed by atoms with Crippen LogP contribution in [0.15, 0.2) is 18.2 Å². The van der Waals surface area contributed by atoms with E-state index in [-0.39, 0.29) is 5.91 Å². The van der Waals surface area contributed by atoms with Gasteiger partial charge in [0.2, 0.25) is 5.91 Å². The van der Waals surface area contributed by atoms with Crippen molar-refractivity contribution in [3.05, 3.63) is 29.3 Å². The topological polar surface area (TPSA) is 76.4 Å². The van der Waals surface area contributed by atoms with Crippen molar-refractivity contribution >= 4 is 11.6 Å². The lowest BCUT2D eigenvalue weighted by Gasteiger charge is -2.14. The van der Waals surface area contributed by atoms with Gasteiger partial charge in [0.1, 0.15) is 0 Å². The number of nitrogen functional groups attached to an aromatic ring is 1. The molecular formula is C15H23N3O2. The highest BCUT2D eigenvalue weighted by atomic mass is 16.5. The number of ether oxygens (including phenoxy) is 1. The van der Waals surface area contributed by atoms with Crippen LogP contribution < -0.4 is 16.4 Å². The first-order valence-electron chi connectivity index (χ1n) is 7.08. The molecule has 1 atom stereocenters. The molecule has 110 valence electrons. The van der Waals surface area contributed by atoms with Crippen molar-refractivity contribution in [2.45, 2.75) is 25.3 Å². The van der Waals surface area contributed by atoms with E-state index in [2.05, 4.69) is 22.8 Å². The number of benzene rings is 1. The number of carbonyl (C=O) groups excluding carboxylic acids is 1. The van der Waals surface area contributed by atoms with Crippen molar-refractivity contribution in [2.75, 3.05) is 32.5 Å². The number of anilines is 1. The third-order valence-electron chi connectivity index (χ3n) is 3.62. The molecule has 0 saturated heterocycles. The molecule has 0 fully saturated rings. The Labute approximate surface area is 119 Å². The molecule has 5 nitrogen and oxygen atoms in total. The van der Waals surface area contributed by atoms with Crippen molar-refractivity contribution in [2.24, 2.45) is 0 Å². The lowest BCUT2D eigenvalue weighted by molar-refractivity contribution is -0.121. The maximum Gasteiger partial charge on any atom is 0.221 e. The van der Waals surface area contributed by atoms with Crippen LogP contribution in [0.2, 0.25) is 0 Å². The number of nitrogens with one attached hydrogen (secondary N) is 2. The minimum Gasteiger partial charge on any atom is -0.399 e. The van der Waals surface area contributed by atoms with Gasteiger partial charge in [0.05, 0.1) is 6.61 Å². The molecule has 1 amide bonds. The summed E-state index contributed by atoms with van der Waals surface area (Å²) in [5.41, 5.74) is 9.26. The quantitative estimate of drug-likeness (QED) is 0.513. The maximum absolute atomic E-state index is 11.6. The number of aryl methyl sites for hydroxylation is 1. The zero-order valence-electron chi connectivity index (χ0n) is 11.9. The molecule has 5 heteroatoms. The van der Waals surface area contributed by atoms with E-state index in [1.54, 1.807) is 7.11 Å². The summed E-state index contributed by atoms with van der Waals surface area (Å²) in [7, 11) is 1.62. The molecule has 4 N–H and O–H groups in total. The fourth-order valence-electron chi connectivity index (χ4n) is 2.59. The predicted octanol–water partition coefficient (Wildman–Crippen LogP) is 0.998. The van der Waals surface area contributed by atoms with Gasteiger partial charge in [-0.25, -0.2) is 0 Å². The summed E-state index contributed by atoms with van der Waals surface area (Å²) >= 11 is 0. The normalized spacial score (nSPS) is 16.9. The molecule has 0 radical (unpaired) electrons. The molecule has 1 unspecified atom stereocenters. The zero-order valence-corrected chi connectivity index (χ0v) is 11.9. The summed E-state index contributed by atoms with van der Waals surface area (Å²) in [6.07, 6.45) is 2.62. The van der Waals surface area contributed by atoms with E-state index >= 15 is 0 Å². The van der Waals surface area contributed by atoms with Crippen molar-refractivity contribution in [1.82, 2.24) is 10.6 Å². The largest absolute Gasteiger partial charge is 0.399 e. The van der Waals surface area contributed by atoms with Crippen LogP contribution in [0.25, 0.3) is 0 Å². The predicted molar refractivity (Wildman–Crippen MR) is 79.4 cm³/mol. The third-order valence-corrected chi connectivity index (χ3v) is 3.62. The first-order valence-corrected chi connectivity index (χ1v) is 7.08. The van der Waals surface area contributed by atoms with Crippen LogP contribution >= 0.6 is 0 Å². The Morgan fingerprint density at radius 3 is 3.10 bits per heavy atom. The number of rotatable bonds is 7. The lowest BCUT2D eigenvalue weighted by atomic mass is 10.1. The van der Waals surface area contributed by atoms with Gasteiger partial charge in [0, 0.05) is 38.3 Å². The number of amides is 1. The Morgan fingerprint density at radius 2 is 2.30 bits per heavy atom. The van der Waals surface area contributed by atoms with Crippen molar-refractivity contribution in [1.29, 1.82) is 0 Å². The Morgan fingerprint density at radius 1 is 1.45 bits per heavy atom. The van der Waals surface area contributed by atoms with Gasteiger partial charge in [-0.3, -0.25) is 4.79 Å². The van der Waals surface area contributed by atoms with Gasteiger partial charge >= 0.3 is 0 Å². The van der Waals surface area contributed by atoms with Crippen LogP contribution in [0.1, 0.15) is 30.0 Å². The van der Waals surface area contributed by atoms with Gasteiger partial charge in [-0.15, -0.1) is 0 Å². The van der Waals surface area contributed by atoms with Gasteiger partial charge in [0.15, 0.2) is 0 Å². The van der Waals surface area contributed by atoms with E-state index in [0.29, 0.717) is 32.2 Å². The molecule has 0 saturated carbocycles. The number of carbonyl (C=O) groups is 1. The van der Waals surface area contributed by atoms with Crippen molar-refractivity contribution in [3.63, 3.8) is 0 Å². The highest BCUT2D eigenvalue weighted by Gasteiger charge is 2.21. The monoisotopic (exact) mass is 277 g/mol. The fraction of sp³-hybridized carbons (Fsp3) is 0.533. The molecule has 1 aliphatic carbocycles. The minimum absolute atomic E-state index is 0.0603. The number of nitrogens with two attached hydrogens (primary N) is 1. The van der Waals surface area contributed by atoms with Crippen LogP contribution in [-0.2, 0) is 16.0 Å². The Kier molecular flexibility index (Phi) is 5.38. The summed E-state index contributed by atoms with van der Waals surface area (Å²) in [4.78, 5) is 11.6. The minimum atomic E-state index is 0.0603. The standard InChI is InChI=1S/C15H23N3O2/c1-20-9-8-18-15(19)6-7-17-14-5-2-11-10-12(16)3-4-13(11)14/h3-4,10,14,17H,2,5-9,16H2,1H3,(H,18,19). The van der Waals surface area contributed by atoms with Crippen LogP contribution in [0.4, 0.5) is 5.69 Å². The van der Waals surface area contributed by atoms with Crippen LogP contribution in [0, 0.1) is 0 Å². The molecule has 0 bridgehead atoms. The number of methoxy groups -OCH3 is 1. The molecule has 1 aromatic carbocycles. The average Bonchev–Trinajstić information content (AvgIpc) is 2.81. The molecule has 2 rings (SSSR count). The molecule has 0 heterocycles. The average molecular weight is 277 g/mol. The Balaban J connectivity index is 1.73. The second-order valence-corrected chi connectivity index (χ2v) is 5.10. The molecule has 20 heavy (non-hydrogen) atoms. The smallest absolute Gasteiger partial charge is 0.221 e. The summed E-state index contributed by atoms with van der Waals surface area (Å²) in [5, 5.41) is 6.26. The highest BCUT2D eigenvalue weighted by molar-refractivity contribution is 5.76. The van der Waals surface area contributed by atoms with Gasteiger partial charge < -0.3 is 21.1 Å². The van der Waals surface area contributed by atoms with Gasteiger partial charge in [0.25, 0.3) is 0 Å². The first-order chi connectivity index (χ1) is 9.70. The van der Waals surface area contributed by atoms with E-state index in [4.69, 9.17) is 10.5 Å². The molecule has 0 spiro atoms. The van der Waals surface area contributed by atoms with Crippen LogP contribution in [-0.4, -0.2) is 32.7 Å². The zero-order chi connectivity index (χ0) is 14.4. The van der Waals surface area contributed by atoms with Crippen molar-refractivity contribution in [3.8, 4) is 0 Å². The molecule has 0 aliphatic heterocycles. The molecule has 1 aromatic rings. The Bertz CT molecular complexity index is 462. The van der Waals surface area contributed by atoms with Crippen molar-refractivity contribution < 1.29 is 9.53 Å². The van der Waals surface area contributed by atoms with Gasteiger partial charge in [-0.2, -0.15) is 0 Å². The van der Waals surface area contributed by atoms with Gasteiger partial charge in [-0.05, 0) is 36.1 Å².